The van der Waals surface area contributed by atoms with E-state index in [1.807, 2.05) is 13.1 Å². The lowest BCUT2D eigenvalue weighted by Crippen LogP contribution is -2.25. The van der Waals surface area contributed by atoms with Gasteiger partial charge >= 0.3 is 18.1 Å². The highest BCUT2D eigenvalue weighted by Crippen LogP contribution is 2.34. The van der Waals surface area contributed by atoms with Crippen molar-refractivity contribution in [3.63, 3.8) is 0 Å². The van der Waals surface area contributed by atoms with Crippen molar-refractivity contribution in [1.29, 1.82) is 0 Å². The largest absolute Gasteiger partial charge is 0.481 e. The molecule has 226 valence electrons. The van der Waals surface area contributed by atoms with Crippen LogP contribution in [0.1, 0.15) is 38.3 Å². The maximum Gasteiger partial charge on any atom is 0.417 e. The lowest BCUT2D eigenvalue weighted by molar-refractivity contribution is -0.154. The van der Waals surface area contributed by atoms with E-state index in [2.05, 4.69) is 25.6 Å². The Balaban J connectivity index is 1.37. The molecule has 5 rings (SSSR count). The number of alkyl halides is 3. The summed E-state index contributed by atoms with van der Waals surface area (Å²) in [5, 5.41) is 28.2. The van der Waals surface area contributed by atoms with Gasteiger partial charge in [-0.15, -0.1) is 5.10 Å². The Hall–Kier alpha value is -5.60. The maximum absolute atomic E-state index is 14.1. The summed E-state index contributed by atoms with van der Waals surface area (Å²) in [5.74, 6) is -5.35. The predicted octanol–water partition coefficient (Wildman–Crippen LogP) is 4.25. The molecular formula is C29H24F3N7O5. The van der Waals surface area contributed by atoms with Crippen molar-refractivity contribution >= 4 is 29.3 Å². The van der Waals surface area contributed by atoms with Crippen LogP contribution in [0.3, 0.4) is 0 Å². The van der Waals surface area contributed by atoms with E-state index in [1.54, 1.807) is 41.9 Å². The average Bonchev–Trinajstić information content (AvgIpc) is 3.58. The minimum Gasteiger partial charge on any atom is -0.481 e. The molecule has 0 atom stereocenters. The average molecular weight is 608 g/mol. The summed E-state index contributed by atoms with van der Waals surface area (Å²) in [6, 6.07) is 8.36. The first-order valence-electron chi connectivity index (χ1n) is 13.1. The first kappa shape index (κ1) is 29.9. The van der Waals surface area contributed by atoms with Gasteiger partial charge in [-0.3, -0.25) is 18.8 Å². The van der Waals surface area contributed by atoms with Gasteiger partial charge in [0.25, 0.3) is 5.91 Å². The quantitative estimate of drug-likeness (QED) is 0.208. The van der Waals surface area contributed by atoms with Crippen LogP contribution in [0, 0.1) is 19.8 Å². The van der Waals surface area contributed by atoms with E-state index < -0.39 is 47.5 Å². The number of halogens is 3. The summed E-state index contributed by atoms with van der Waals surface area (Å²) >= 11 is 0. The molecule has 3 aromatic heterocycles. The van der Waals surface area contributed by atoms with Gasteiger partial charge in [-0.1, -0.05) is 23.4 Å². The van der Waals surface area contributed by atoms with Crippen LogP contribution in [0.5, 0.6) is 0 Å². The molecule has 12 nitrogen and oxygen atoms in total. The van der Waals surface area contributed by atoms with Crippen LogP contribution >= 0.6 is 0 Å². The van der Waals surface area contributed by atoms with Crippen molar-refractivity contribution in [2.45, 2.75) is 33.0 Å². The Kier molecular flexibility index (Phi) is 7.87. The molecule has 3 heterocycles. The predicted molar refractivity (Wildman–Crippen MR) is 149 cm³/mol. The molecule has 44 heavy (non-hydrogen) atoms. The molecule has 0 fully saturated rings. The second-order valence-corrected chi connectivity index (χ2v) is 10.2. The Morgan fingerprint density at radius 3 is 2.45 bits per heavy atom. The number of hydrogen-bond donors (Lipinski definition) is 3. The van der Waals surface area contributed by atoms with Gasteiger partial charge in [-0.2, -0.15) is 13.2 Å². The van der Waals surface area contributed by atoms with E-state index in [0.29, 0.717) is 28.3 Å². The molecule has 2 aromatic carbocycles. The van der Waals surface area contributed by atoms with Gasteiger partial charge in [0.1, 0.15) is 0 Å². The number of carbonyl (C=O) groups excluding carboxylic acids is 1. The number of fused-ring (bicyclic) bond motifs is 1. The van der Waals surface area contributed by atoms with Crippen LogP contribution in [0.2, 0.25) is 0 Å². The summed E-state index contributed by atoms with van der Waals surface area (Å²) in [6.07, 6.45) is 1.23. The van der Waals surface area contributed by atoms with Gasteiger partial charge in [0.2, 0.25) is 5.78 Å². The zero-order valence-corrected chi connectivity index (χ0v) is 23.2. The normalized spacial score (nSPS) is 11.7. The first-order chi connectivity index (χ1) is 20.8. The van der Waals surface area contributed by atoms with Crippen molar-refractivity contribution in [2.24, 2.45) is 5.92 Å². The number of hydrogen-bond acceptors (Lipinski definition) is 7. The van der Waals surface area contributed by atoms with Gasteiger partial charge < -0.3 is 15.5 Å². The number of aliphatic carboxylic acids is 2. The fourth-order valence-corrected chi connectivity index (χ4v) is 4.54. The fourth-order valence-electron chi connectivity index (χ4n) is 4.54. The SMILES string of the molecule is Cc1cnc2nc(-c3ccc(C)c(NC(=O)c4ccc(Cn5cc(CC(C(=O)O)C(=O)O)nn5)cc4C(F)(F)F)c3)cn2c1. The Morgan fingerprint density at radius 2 is 1.75 bits per heavy atom. The highest BCUT2D eigenvalue weighted by Gasteiger charge is 2.36. The third kappa shape index (κ3) is 6.40. The minimum absolute atomic E-state index is 0.0412. The molecule has 5 aromatic rings. The number of imidazole rings is 1. The van der Waals surface area contributed by atoms with E-state index in [0.717, 1.165) is 22.4 Å². The number of carboxylic acid groups (broad SMARTS) is 2. The third-order valence-electron chi connectivity index (χ3n) is 6.79. The zero-order valence-electron chi connectivity index (χ0n) is 23.2. The lowest BCUT2D eigenvalue weighted by Gasteiger charge is -2.16. The Morgan fingerprint density at radius 1 is 1.00 bits per heavy atom. The second kappa shape index (κ2) is 11.6. The molecule has 1 amide bonds. The number of carbonyl (C=O) groups is 3. The van der Waals surface area contributed by atoms with Gasteiger partial charge in [0.05, 0.1) is 29.1 Å². The number of anilines is 1. The summed E-state index contributed by atoms with van der Waals surface area (Å²) in [4.78, 5) is 44.2. The minimum atomic E-state index is -4.87. The number of rotatable bonds is 9. The van der Waals surface area contributed by atoms with Gasteiger partial charge in [-0.25, -0.2) is 14.6 Å². The molecule has 0 saturated heterocycles. The zero-order chi connectivity index (χ0) is 31.8. The van der Waals surface area contributed by atoms with Crippen LogP contribution in [0.15, 0.2) is 61.2 Å². The smallest absolute Gasteiger partial charge is 0.417 e. The van der Waals surface area contributed by atoms with Crippen LogP contribution in [-0.4, -0.2) is 57.4 Å². The molecule has 0 aliphatic heterocycles. The fraction of sp³-hybridized carbons (Fsp3) is 0.207. The molecular weight excluding hydrogens is 583 g/mol. The van der Waals surface area contributed by atoms with E-state index in [-0.39, 0.29) is 17.8 Å². The molecule has 0 radical (unpaired) electrons. The van der Waals surface area contributed by atoms with E-state index >= 15 is 0 Å². The molecule has 15 heteroatoms. The number of aromatic nitrogens is 6. The Labute approximate surface area is 246 Å². The number of benzene rings is 2. The molecule has 0 unspecified atom stereocenters. The van der Waals surface area contributed by atoms with Crippen molar-refractivity contribution in [3.8, 4) is 11.3 Å². The standard InChI is InChI=1S/C29H24F3N7O5/c1-15-10-33-28-35-24(14-38(28)11-15)18-5-3-16(2)23(8-18)34-25(40)20-6-4-17(7-22(20)29(30,31)32)12-39-13-19(36-37-39)9-21(26(41)42)27(43)44/h3-8,10-11,13-14,21H,9,12H2,1-2H3,(H,34,40)(H,41,42)(H,43,44). The van der Waals surface area contributed by atoms with Gasteiger partial charge in [0, 0.05) is 42.5 Å². The lowest BCUT2D eigenvalue weighted by atomic mass is 10.0. The highest BCUT2D eigenvalue weighted by atomic mass is 19.4. The monoisotopic (exact) mass is 607 g/mol. The molecule has 0 aliphatic rings. The van der Waals surface area contributed by atoms with Crippen LogP contribution < -0.4 is 5.32 Å². The van der Waals surface area contributed by atoms with Crippen molar-refractivity contribution in [3.05, 3.63) is 94.7 Å². The summed E-state index contributed by atoms with van der Waals surface area (Å²) in [7, 11) is 0. The van der Waals surface area contributed by atoms with Crippen LogP contribution in [-0.2, 0) is 28.7 Å². The van der Waals surface area contributed by atoms with Crippen LogP contribution in [0.25, 0.3) is 17.0 Å². The van der Waals surface area contributed by atoms with Crippen molar-refractivity contribution in [1.82, 2.24) is 29.4 Å². The summed E-state index contributed by atoms with van der Waals surface area (Å²) < 4.78 is 45.3. The Bertz CT molecular complexity index is 1900. The van der Waals surface area contributed by atoms with Gasteiger partial charge in [-0.05, 0) is 48.7 Å². The molecule has 0 bridgehead atoms. The molecule has 3 N–H and O–H groups in total. The molecule has 0 aliphatic carbocycles. The van der Waals surface area contributed by atoms with Gasteiger partial charge in [0.15, 0.2) is 5.92 Å². The maximum atomic E-state index is 14.1. The number of carboxylic acids is 2. The number of aryl methyl sites for hydroxylation is 2. The number of nitrogens with one attached hydrogen (secondary N) is 1. The van der Waals surface area contributed by atoms with E-state index in [9.17, 15) is 27.6 Å². The number of nitrogens with zero attached hydrogens (tertiary/aromatic N) is 6. The van der Waals surface area contributed by atoms with E-state index in [4.69, 9.17) is 10.2 Å². The second-order valence-electron chi connectivity index (χ2n) is 10.2. The van der Waals surface area contributed by atoms with E-state index in [1.165, 1.54) is 12.3 Å². The first-order valence-corrected chi connectivity index (χ1v) is 13.1. The molecule has 0 spiro atoms. The van der Waals surface area contributed by atoms with Crippen molar-refractivity contribution < 1.29 is 37.8 Å². The topological polar surface area (TPSA) is 165 Å². The highest BCUT2D eigenvalue weighted by molar-refractivity contribution is 6.06. The summed E-state index contributed by atoms with van der Waals surface area (Å²) in [5.41, 5.74) is 1.47. The molecule has 0 saturated carbocycles. The summed E-state index contributed by atoms with van der Waals surface area (Å²) in [6.45, 7) is 3.40. The van der Waals surface area contributed by atoms with Crippen molar-refractivity contribution in [2.75, 3.05) is 5.32 Å². The number of amides is 1. The third-order valence-corrected chi connectivity index (χ3v) is 6.79. The van der Waals surface area contributed by atoms with Crippen LogP contribution in [0.4, 0.5) is 18.9 Å².